The summed E-state index contributed by atoms with van der Waals surface area (Å²) in [6.07, 6.45) is 7.05. The summed E-state index contributed by atoms with van der Waals surface area (Å²) in [5.41, 5.74) is 4.62. The van der Waals surface area contributed by atoms with Gasteiger partial charge in [0.2, 0.25) is 5.91 Å². The molecule has 176 valence electrons. The maximum absolute atomic E-state index is 12.9. The molecule has 0 heterocycles. The summed E-state index contributed by atoms with van der Waals surface area (Å²) < 4.78 is 5.58. The van der Waals surface area contributed by atoms with Crippen molar-refractivity contribution in [1.29, 1.82) is 0 Å². The molecule has 4 rings (SSSR count). The molecule has 2 aromatic carbocycles. The Morgan fingerprint density at radius 2 is 1.71 bits per heavy atom. The van der Waals surface area contributed by atoms with Crippen molar-refractivity contribution >= 4 is 18.0 Å². The maximum atomic E-state index is 12.9. The quantitative estimate of drug-likeness (QED) is 0.588. The molecular weight excluding hydrogens is 432 g/mol. The van der Waals surface area contributed by atoms with E-state index in [1.165, 1.54) is 4.90 Å². The SMILES string of the molecule is C#CCN(CC(=O)O)C(=O)[C@@H]1CCC[C@@H]1CNC(=O)OCC1c2ccccc2-c2ccccc21. The minimum absolute atomic E-state index is 0.0210. The number of carboxylic acids is 1. The summed E-state index contributed by atoms with van der Waals surface area (Å²) in [5, 5.41) is 11.9. The van der Waals surface area contributed by atoms with Crippen LogP contribution in [0.15, 0.2) is 48.5 Å². The first kappa shape index (κ1) is 23.4. The Balaban J connectivity index is 1.33. The van der Waals surface area contributed by atoms with Gasteiger partial charge in [0, 0.05) is 18.4 Å². The zero-order chi connectivity index (χ0) is 24.1. The number of hydrogen-bond acceptors (Lipinski definition) is 4. The molecule has 0 unspecified atom stereocenters. The summed E-state index contributed by atoms with van der Waals surface area (Å²) in [4.78, 5) is 37.7. The van der Waals surface area contributed by atoms with Crippen molar-refractivity contribution in [3.63, 3.8) is 0 Å². The van der Waals surface area contributed by atoms with Crippen LogP contribution in [0.5, 0.6) is 0 Å². The second kappa shape index (κ2) is 10.4. The summed E-state index contributed by atoms with van der Waals surface area (Å²) >= 11 is 0. The number of carbonyl (C=O) groups is 3. The topological polar surface area (TPSA) is 95.9 Å². The molecule has 1 fully saturated rings. The van der Waals surface area contributed by atoms with Crippen LogP contribution in [-0.4, -0.2) is 54.2 Å². The summed E-state index contributed by atoms with van der Waals surface area (Å²) in [6, 6.07) is 16.3. The third-order valence-electron chi connectivity index (χ3n) is 6.75. The van der Waals surface area contributed by atoms with E-state index in [0.29, 0.717) is 13.0 Å². The highest BCUT2D eigenvalue weighted by molar-refractivity contribution is 5.84. The number of hydrogen-bond donors (Lipinski definition) is 2. The molecule has 0 spiro atoms. The average Bonchev–Trinajstić information content (AvgIpc) is 3.43. The van der Waals surface area contributed by atoms with Crippen LogP contribution in [0.25, 0.3) is 11.1 Å². The predicted molar refractivity (Wildman–Crippen MR) is 127 cm³/mol. The zero-order valence-corrected chi connectivity index (χ0v) is 18.9. The van der Waals surface area contributed by atoms with Crippen LogP contribution in [0, 0.1) is 24.2 Å². The van der Waals surface area contributed by atoms with E-state index in [9.17, 15) is 14.4 Å². The molecule has 1 saturated carbocycles. The van der Waals surface area contributed by atoms with Crippen molar-refractivity contribution in [3.8, 4) is 23.5 Å². The van der Waals surface area contributed by atoms with Gasteiger partial charge in [-0.05, 0) is 41.0 Å². The number of nitrogens with zero attached hydrogens (tertiary/aromatic N) is 1. The van der Waals surface area contributed by atoms with E-state index in [1.807, 2.05) is 24.3 Å². The van der Waals surface area contributed by atoms with Gasteiger partial charge in [0.05, 0.1) is 6.54 Å². The Bertz CT molecular complexity index is 1080. The summed E-state index contributed by atoms with van der Waals surface area (Å²) in [6.45, 7) is 0.0473. The highest BCUT2D eigenvalue weighted by Crippen LogP contribution is 2.44. The maximum Gasteiger partial charge on any atom is 0.407 e. The number of amides is 2. The third-order valence-corrected chi connectivity index (χ3v) is 6.75. The van der Waals surface area contributed by atoms with Crippen LogP contribution in [-0.2, 0) is 14.3 Å². The molecule has 2 atom stereocenters. The summed E-state index contributed by atoms with van der Waals surface area (Å²) in [7, 11) is 0. The van der Waals surface area contributed by atoms with Crippen LogP contribution in [0.4, 0.5) is 4.79 Å². The molecule has 0 bridgehead atoms. The van der Waals surface area contributed by atoms with Gasteiger partial charge < -0.3 is 20.1 Å². The molecule has 2 aliphatic rings. The molecule has 2 aliphatic carbocycles. The fraction of sp³-hybridized carbons (Fsp3) is 0.370. The molecule has 0 aliphatic heterocycles. The molecule has 7 heteroatoms. The van der Waals surface area contributed by atoms with E-state index in [1.54, 1.807) is 0 Å². The van der Waals surface area contributed by atoms with Gasteiger partial charge in [0.15, 0.2) is 0 Å². The Morgan fingerprint density at radius 1 is 1.06 bits per heavy atom. The molecule has 2 aromatic rings. The lowest BCUT2D eigenvalue weighted by Crippen LogP contribution is -2.43. The predicted octanol–water partition coefficient (Wildman–Crippen LogP) is 3.49. The van der Waals surface area contributed by atoms with E-state index >= 15 is 0 Å². The van der Waals surface area contributed by atoms with E-state index in [0.717, 1.165) is 35.1 Å². The fourth-order valence-corrected chi connectivity index (χ4v) is 5.19. The number of benzene rings is 2. The second-order valence-electron chi connectivity index (χ2n) is 8.80. The first-order chi connectivity index (χ1) is 16.5. The van der Waals surface area contributed by atoms with Crippen molar-refractivity contribution in [2.75, 3.05) is 26.2 Å². The standard InChI is InChI=1S/C27H28N2O5/c1-2-14-29(16-25(30)31)26(32)19-13-7-8-18(19)15-28-27(33)34-17-24-22-11-5-3-9-20(22)21-10-4-6-12-23(21)24/h1,3-6,9-12,18-19,24H,7-8,13-17H2,(H,28,33)(H,30,31)/t18-,19-/m1/s1. The zero-order valence-electron chi connectivity index (χ0n) is 18.9. The second-order valence-corrected chi connectivity index (χ2v) is 8.80. The number of rotatable bonds is 8. The molecule has 0 saturated heterocycles. The lowest BCUT2D eigenvalue weighted by Gasteiger charge is -2.26. The number of carboxylic acid groups (broad SMARTS) is 1. The molecule has 2 amide bonds. The van der Waals surface area contributed by atoms with E-state index in [-0.39, 0.29) is 36.8 Å². The van der Waals surface area contributed by atoms with Crippen molar-refractivity contribution < 1.29 is 24.2 Å². The van der Waals surface area contributed by atoms with Gasteiger partial charge >= 0.3 is 12.1 Å². The van der Waals surface area contributed by atoms with Crippen LogP contribution in [0.2, 0.25) is 0 Å². The van der Waals surface area contributed by atoms with Crippen LogP contribution in [0.3, 0.4) is 0 Å². The van der Waals surface area contributed by atoms with E-state index in [2.05, 4.69) is 35.5 Å². The third kappa shape index (κ3) is 4.91. The molecule has 0 radical (unpaired) electrons. The first-order valence-electron chi connectivity index (χ1n) is 11.5. The van der Waals surface area contributed by atoms with Crippen LogP contribution in [0.1, 0.15) is 36.3 Å². The van der Waals surface area contributed by atoms with E-state index in [4.69, 9.17) is 16.3 Å². The van der Waals surface area contributed by atoms with Gasteiger partial charge in [0.1, 0.15) is 13.2 Å². The number of terminal acetylenes is 1. The molecule has 2 N–H and O–H groups in total. The van der Waals surface area contributed by atoms with Gasteiger partial charge in [-0.1, -0.05) is 60.9 Å². The lowest BCUT2D eigenvalue weighted by molar-refractivity contribution is -0.146. The van der Waals surface area contributed by atoms with Crippen molar-refractivity contribution in [3.05, 3.63) is 59.7 Å². The minimum Gasteiger partial charge on any atom is -0.480 e. The largest absolute Gasteiger partial charge is 0.480 e. The Kier molecular flexibility index (Phi) is 7.17. The van der Waals surface area contributed by atoms with Crippen LogP contribution < -0.4 is 5.32 Å². The molecular formula is C27H28N2O5. The average molecular weight is 461 g/mol. The van der Waals surface area contributed by atoms with Gasteiger partial charge in [0.25, 0.3) is 0 Å². The normalized spacial score (nSPS) is 18.4. The monoisotopic (exact) mass is 460 g/mol. The van der Waals surface area contributed by atoms with Crippen LogP contribution >= 0.6 is 0 Å². The Labute approximate surface area is 199 Å². The van der Waals surface area contributed by atoms with Gasteiger partial charge in [-0.3, -0.25) is 9.59 Å². The van der Waals surface area contributed by atoms with Crippen molar-refractivity contribution in [1.82, 2.24) is 10.2 Å². The smallest absolute Gasteiger partial charge is 0.407 e. The molecule has 7 nitrogen and oxygen atoms in total. The number of nitrogens with one attached hydrogen (secondary N) is 1. The Morgan fingerprint density at radius 3 is 2.32 bits per heavy atom. The number of aliphatic carboxylic acids is 1. The van der Waals surface area contributed by atoms with Crippen molar-refractivity contribution in [2.24, 2.45) is 11.8 Å². The highest BCUT2D eigenvalue weighted by atomic mass is 16.5. The number of alkyl carbamates (subject to hydrolysis) is 1. The number of ether oxygens (including phenoxy) is 1. The molecule has 34 heavy (non-hydrogen) atoms. The minimum atomic E-state index is -1.10. The van der Waals surface area contributed by atoms with Crippen molar-refractivity contribution in [2.45, 2.75) is 25.2 Å². The first-order valence-corrected chi connectivity index (χ1v) is 11.5. The van der Waals surface area contributed by atoms with E-state index < -0.39 is 18.6 Å². The Hall–Kier alpha value is -3.79. The fourth-order valence-electron chi connectivity index (χ4n) is 5.19. The van der Waals surface area contributed by atoms with Gasteiger partial charge in [-0.2, -0.15) is 0 Å². The number of fused-ring (bicyclic) bond motifs is 3. The van der Waals surface area contributed by atoms with Gasteiger partial charge in [-0.25, -0.2) is 4.79 Å². The highest BCUT2D eigenvalue weighted by Gasteiger charge is 2.36. The lowest BCUT2D eigenvalue weighted by atomic mass is 9.94. The summed E-state index contributed by atoms with van der Waals surface area (Å²) in [5.74, 6) is 0.522. The number of carbonyl (C=O) groups excluding carboxylic acids is 2. The molecule has 0 aromatic heterocycles. The van der Waals surface area contributed by atoms with Gasteiger partial charge in [-0.15, -0.1) is 6.42 Å².